The smallest absolute Gasteiger partial charge is 0 e. The third kappa shape index (κ3) is 9.74. The zero-order valence-corrected chi connectivity index (χ0v) is 4.72. The molecule has 0 saturated heterocycles. The van der Waals surface area contributed by atoms with Gasteiger partial charge in [0, 0.05) is 50.6 Å². The van der Waals surface area contributed by atoms with Crippen LogP contribution in [0.4, 0.5) is 0 Å². The molecule has 0 atom stereocenters. The average molecular weight is 188 g/mol. The maximum Gasteiger partial charge on any atom is 0 e. The van der Waals surface area contributed by atoms with Crippen LogP contribution in [0.2, 0.25) is 0 Å². The quantitative estimate of drug-likeness (QED) is 0.444. The van der Waals surface area contributed by atoms with Crippen LogP contribution in [-0.2, 0) is 50.6 Å². The Labute approximate surface area is 56.1 Å². The summed E-state index contributed by atoms with van der Waals surface area (Å²) in [5.74, 6) is 0. The Balaban J connectivity index is 0. The summed E-state index contributed by atoms with van der Waals surface area (Å²) in [6.45, 7) is 0. The first kappa shape index (κ1) is 49.8. The molecular formula is H2Fe2NiO. The molecule has 0 saturated carbocycles. The van der Waals surface area contributed by atoms with Crippen LogP contribution in [-0.4, -0.2) is 5.48 Å². The summed E-state index contributed by atoms with van der Waals surface area (Å²) in [6.07, 6.45) is 0. The van der Waals surface area contributed by atoms with Crippen LogP contribution in [0.25, 0.3) is 0 Å². The van der Waals surface area contributed by atoms with E-state index in [2.05, 4.69) is 0 Å². The molecule has 0 aromatic carbocycles. The predicted molar refractivity (Wildman–Crippen MR) is 3.61 cm³/mol. The van der Waals surface area contributed by atoms with Crippen molar-refractivity contribution >= 4 is 0 Å². The molecule has 0 aromatic rings. The van der Waals surface area contributed by atoms with E-state index in [0.29, 0.717) is 0 Å². The van der Waals surface area contributed by atoms with E-state index in [-0.39, 0.29) is 56.1 Å². The van der Waals surface area contributed by atoms with Crippen LogP contribution in [0.1, 0.15) is 0 Å². The minimum atomic E-state index is 0. The Morgan fingerprint density at radius 3 is 0.750 bits per heavy atom. The molecule has 2 N–H and O–H groups in total. The number of hydrogen-bond donors (Lipinski definition) is 0. The van der Waals surface area contributed by atoms with Crippen molar-refractivity contribution in [2.24, 2.45) is 0 Å². The largest absolute Gasteiger partial charge is 0.412 e. The molecule has 0 radical (unpaired) electrons. The molecule has 34 valence electrons. The second-order valence-corrected chi connectivity index (χ2v) is 0. The summed E-state index contributed by atoms with van der Waals surface area (Å²) < 4.78 is 0. The summed E-state index contributed by atoms with van der Waals surface area (Å²) in [4.78, 5) is 0. The Bertz CT molecular complexity index is 6.00. The first-order chi connectivity index (χ1) is 0. The molecule has 0 aliphatic heterocycles. The van der Waals surface area contributed by atoms with Gasteiger partial charge >= 0.3 is 0 Å². The Morgan fingerprint density at radius 1 is 0.750 bits per heavy atom. The van der Waals surface area contributed by atoms with E-state index in [9.17, 15) is 0 Å². The van der Waals surface area contributed by atoms with Crippen LogP contribution in [0, 0.1) is 0 Å². The van der Waals surface area contributed by atoms with Crippen molar-refractivity contribution in [3.63, 3.8) is 0 Å². The van der Waals surface area contributed by atoms with Crippen molar-refractivity contribution in [3.05, 3.63) is 0 Å². The van der Waals surface area contributed by atoms with Crippen molar-refractivity contribution in [2.75, 3.05) is 0 Å². The van der Waals surface area contributed by atoms with Gasteiger partial charge in [-0.3, -0.25) is 0 Å². The van der Waals surface area contributed by atoms with Crippen molar-refractivity contribution in [1.82, 2.24) is 0 Å². The Morgan fingerprint density at radius 2 is 0.750 bits per heavy atom. The third-order valence-corrected chi connectivity index (χ3v) is 0. The average Bonchev–Trinajstić information content (AvgIpc) is 0. The minimum Gasteiger partial charge on any atom is -0.412 e. The van der Waals surface area contributed by atoms with Gasteiger partial charge in [-0.2, -0.15) is 0 Å². The van der Waals surface area contributed by atoms with Crippen LogP contribution in [0.3, 0.4) is 0 Å². The van der Waals surface area contributed by atoms with Gasteiger partial charge in [-0.15, -0.1) is 0 Å². The van der Waals surface area contributed by atoms with E-state index in [4.69, 9.17) is 0 Å². The standard InChI is InChI=1S/2Fe.Ni.H2O/h;;;1H2. The monoisotopic (exact) mass is 188 g/mol. The van der Waals surface area contributed by atoms with Crippen molar-refractivity contribution in [2.45, 2.75) is 0 Å². The molecule has 0 aromatic heterocycles. The fourth-order valence-electron chi connectivity index (χ4n) is 0. The molecule has 0 heterocycles. The molecule has 0 aliphatic carbocycles. The SMILES string of the molecule is O.[Fe].[Fe].[Ni]. The maximum atomic E-state index is 0. The van der Waals surface area contributed by atoms with Gasteiger partial charge in [-0.25, -0.2) is 0 Å². The molecule has 0 amide bonds. The molecule has 4 heavy (non-hydrogen) atoms. The van der Waals surface area contributed by atoms with Crippen molar-refractivity contribution in [1.29, 1.82) is 0 Å². The maximum absolute atomic E-state index is 0. The van der Waals surface area contributed by atoms with Crippen LogP contribution in [0.15, 0.2) is 0 Å². The van der Waals surface area contributed by atoms with Gasteiger partial charge < -0.3 is 5.48 Å². The van der Waals surface area contributed by atoms with E-state index < -0.39 is 0 Å². The van der Waals surface area contributed by atoms with E-state index in [0.717, 1.165) is 0 Å². The van der Waals surface area contributed by atoms with Crippen LogP contribution < -0.4 is 0 Å². The van der Waals surface area contributed by atoms with Gasteiger partial charge in [0.05, 0.1) is 0 Å². The fraction of sp³-hybridized carbons (Fsp3) is 0. The van der Waals surface area contributed by atoms with Gasteiger partial charge in [0.1, 0.15) is 0 Å². The van der Waals surface area contributed by atoms with Crippen LogP contribution in [0.5, 0.6) is 0 Å². The minimum absolute atomic E-state index is 0. The molecule has 4 heteroatoms. The Hall–Kier alpha value is 1.49. The van der Waals surface area contributed by atoms with Gasteiger partial charge in [0.25, 0.3) is 0 Å². The van der Waals surface area contributed by atoms with Gasteiger partial charge in [0.2, 0.25) is 0 Å². The summed E-state index contributed by atoms with van der Waals surface area (Å²) in [6, 6.07) is 0. The summed E-state index contributed by atoms with van der Waals surface area (Å²) in [7, 11) is 0. The molecule has 0 bridgehead atoms. The van der Waals surface area contributed by atoms with E-state index in [1.165, 1.54) is 0 Å². The molecule has 0 unspecified atom stereocenters. The topological polar surface area (TPSA) is 31.5 Å². The zero-order valence-electron chi connectivity index (χ0n) is 1.52. The molecule has 1 nitrogen and oxygen atoms in total. The number of rotatable bonds is 0. The second kappa shape index (κ2) is 24.6. The third-order valence-electron chi connectivity index (χ3n) is 0. The Kier molecular flexibility index (Phi) is 306. The van der Waals surface area contributed by atoms with Crippen molar-refractivity contribution < 1.29 is 56.1 Å². The van der Waals surface area contributed by atoms with Crippen molar-refractivity contribution in [3.8, 4) is 0 Å². The van der Waals surface area contributed by atoms with E-state index >= 15 is 0 Å². The molecule has 0 aliphatic rings. The van der Waals surface area contributed by atoms with E-state index in [1.807, 2.05) is 0 Å². The molecular weight excluding hydrogens is 186 g/mol. The normalized spacial score (nSPS) is 0. The second-order valence-electron chi connectivity index (χ2n) is 0. The first-order valence-corrected chi connectivity index (χ1v) is 0. The van der Waals surface area contributed by atoms with Gasteiger partial charge in [0.15, 0.2) is 0 Å². The zero-order chi connectivity index (χ0) is 0. The summed E-state index contributed by atoms with van der Waals surface area (Å²) in [5.41, 5.74) is 0. The van der Waals surface area contributed by atoms with Crippen LogP contribution >= 0.6 is 0 Å². The predicted octanol–water partition coefficient (Wildman–Crippen LogP) is -0.832. The van der Waals surface area contributed by atoms with Gasteiger partial charge in [-0.1, -0.05) is 0 Å². The summed E-state index contributed by atoms with van der Waals surface area (Å²) in [5, 5.41) is 0. The molecule has 0 fully saturated rings. The molecule has 0 rings (SSSR count). The molecule has 0 spiro atoms. The number of hydrogen-bond acceptors (Lipinski definition) is 0. The van der Waals surface area contributed by atoms with Gasteiger partial charge in [-0.05, 0) is 0 Å². The van der Waals surface area contributed by atoms with E-state index in [1.54, 1.807) is 0 Å². The summed E-state index contributed by atoms with van der Waals surface area (Å²) >= 11 is 0. The first-order valence-electron chi connectivity index (χ1n) is 0. The fourth-order valence-corrected chi connectivity index (χ4v) is 0.